The van der Waals surface area contributed by atoms with Crippen LogP contribution in [-0.4, -0.2) is 18.4 Å². The zero-order valence-corrected chi connectivity index (χ0v) is 11.0. The second kappa shape index (κ2) is 5.45. The third-order valence-electron chi connectivity index (χ3n) is 2.73. The number of pyridine rings is 1. The fraction of sp³-hybridized carbons (Fsp3) is 0.200. The van der Waals surface area contributed by atoms with Crippen molar-refractivity contribution < 1.29 is 0 Å². The van der Waals surface area contributed by atoms with Gasteiger partial charge in [-0.05, 0) is 37.6 Å². The number of aliphatic imine (C=N–C) groups is 1. The van der Waals surface area contributed by atoms with E-state index in [2.05, 4.69) is 9.98 Å². The van der Waals surface area contributed by atoms with Crippen LogP contribution in [0.2, 0.25) is 0 Å². The summed E-state index contributed by atoms with van der Waals surface area (Å²) < 4.78 is 0. The molecule has 0 saturated carbocycles. The van der Waals surface area contributed by atoms with Gasteiger partial charge in [0.1, 0.15) is 0 Å². The molecule has 1 aromatic carbocycles. The number of rotatable bonds is 3. The SMILES string of the molecule is Cc1ccc(C)c(/N=C/N(C)c2ccccc2)n1. The fourth-order valence-electron chi connectivity index (χ4n) is 1.61. The summed E-state index contributed by atoms with van der Waals surface area (Å²) >= 11 is 0. The second-order valence-electron chi connectivity index (χ2n) is 4.28. The van der Waals surface area contributed by atoms with E-state index in [9.17, 15) is 0 Å². The summed E-state index contributed by atoms with van der Waals surface area (Å²) in [5, 5.41) is 0. The topological polar surface area (TPSA) is 28.5 Å². The van der Waals surface area contributed by atoms with Crippen molar-refractivity contribution >= 4 is 17.8 Å². The third-order valence-corrected chi connectivity index (χ3v) is 2.73. The molecule has 3 heteroatoms. The molecular formula is C15H17N3. The molecule has 0 unspecified atom stereocenters. The van der Waals surface area contributed by atoms with Crippen molar-refractivity contribution in [3.63, 3.8) is 0 Å². The summed E-state index contributed by atoms with van der Waals surface area (Å²) in [5.41, 5.74) is 3.17. The lowest BCUT2D eigenvalue weighted by Gasteiger charge is -2.12. The number of nitrogens with zero attached hydrogens (tertiary/aromatic N) is 3. The van der Waals surface area contributed by atoms with Crippen molar-refractivity contribution in [2.75, 3.05) is 11.9 Å². The van der Waals surface area contributed by atoms with E-state index in [-0.39, 0.29) is 0 Å². The van der Waals surface area contributed by atoms with Gasteiger partial charge in [0.15, 0.2) is 5.82 Å². The van der Waals surface area contributed by atoms with Crippen molar-refractivity contribution in [2.45, 2.75) is 13.8 Å². The number of anilines is 1. The Labute approximate surface area is 108 Å². The Morgan fingerprint density at radius 2 is 1.78 bits per heavy atom. The van der Waals surface area contributed by atoms with Crippen molar-refractivity contribution in [3.05, 3.63) is 53.7 Å². The Morgan fingerprint density at radius 3 is 2.50 bits per heavy atom. The summed E-state index contributed by atoms with van der Waals surface area (Å²) in [6.07, 6.45) is 1.80. The van der Waals surface area contributed by atoms with E-state index in [0.29, 0.717) is 0 Å². The second-order valence-corrected chi connectivity index (χ2v) is 4.28. The largest absolute Gasteiger partial charge is 0.335 e. The first-order chi connectivity index (χ1) is 8.66. The quantitative estimate of drug-likeness (QED) is 0.606. The number of aromatic nitrogens is 1. The molecule has 2 rings (SSSR count). The molecule has 0 saturated heterocycles. The molecule has 1 heterocycles. The van der Waals surface area contributed by atoms with Crippen LogP contribution in [0.25, 0.3) is 0 Å². The van der Waals surface area contributed by atoms with Gasteiger partial charge in [0.25, 0.3) is 0 Å². The van der Waals surface area contributed by atoms with E-state index < -0.39 is 0 Å². The predicted molar refractivity (Wildman–Crippen MR) is 76.7 cm³/mol. The predicted octanol–water partition coefficient (Wildman–Crippen LogP) is 3.49. The summed E-state index contributed by atoms with van der Waals surface area (Å²) in [6.45, 7) is 3.99. The number of hydrogen-bond donors (Lipinski definition) is 0. The lowest BCUT2D eigenvalue weighted by atomic mass is 10.2. The maximum absolute atomic E-state index is 4.43. The lowest BCUT2D eigenvalue weighted by Crippen LogP contribution is -2.13. The average Bonchev–Trinajstić information content (AvgIpc) is 2.40. The van der Waals surface area contributed by atoms with Crippen LogP contribution < -0.4 is 4.90 Å². The highest BCUT2D eigenvalue weighted by Crippen LogP contribution is 2.16. The number of hydrogen-bond acceptors (Lipinski definition) is 2. The smallest absolute Gasteiger partial charge is 0.156 e. The van der Waals surface area contributed by atoms with E-state index in [1.54, 1.807) is 6.34 Å². The zero-order chi connectivity index (χ0) is 13.0. The molecule has 3 nitrogen and oxygen atoms in total. The van der Waals surface area contributed by atoms with Crippen LogP contribution in [0.15, 0.2) is 47.5 Å². The first kappa shape index (κ1) is 12.3. The van der Waals surface area contributed by atoms with E-state index >= 15 is 0 Å². The van der Waals surface area contributed by atoms with Crippen LogP contribution >= 0.6 is 0 Å². The monoisotopic (exact) mass is 239 g/mol. The molecule has 0 aliphatic heterocycles. The Morgan fingerprint density at radius 1 is 1.06 bits per heavy atom. The summed E-state index contributed by atoms with van der Waals surface area (Å²) in [4.78, 5) is 10.8. The van der Waals surface area contributed by atoms with Crippen LogP contribution in [0.5, 0.6) is 0 Å². The van der Waals surface area contributed by atoms with E-state index in [0.717, 1.165) is 22.8 Å². The molecule has 0 aliphatic rings. The molecule has 0 bridgehead atoms. The highest BCUT2D eigenvalue weighted by atomic mass is 15.1. The Kier molecular flexibility index (Phi) is 3.72. The van der Waals surface area contributed by atoms with Crippen molar-refractivity contribution in [1.82, 2.24) is 4.98 Å². The van der Waals surface area contributed by atoms with Crippen LogP contribution in [0.4, 0.5) is 11.5 Å². The van der Waals surface area contributed by atoms with Crippen LogP contribution in [0.3, 0.4) is 0 Å². The average molecular weight is 239 g/mol. The minimum absolute atomic E-state index is 0.776. The number of benzene rings is 1. The van der Waals surface area contributed by atoms with Gasteiger partial charge in [-0.1, -0.05) is 24.3 Å². The molecule has 0 fully saturated rings. The number of aryl methyl sites for hydroxylation is 2. The maximum atomic E-state index is 4.43. The van der Waals surface area contributed by atoms with Gasteiger partial charge in [0.2, 0.25) is 0 Å². The molecule has 18 heavy (non-hydrogen) atoms. The lowest BCUT2D eigenvalue weighted by molar-refractivity contribution is 1.14. The normalized spacial score (nSPS) is 10.8. The van der Waals surface area contributed by atoms with Crippen molar-refractivity contribution in [1.29, 1.82) is 0 Å². The fourth-order valence-corrected chi connectivity index (χ4v) is 1.61. The third kappa shape index (κ3) is 2.94. The number of para-hydroxylation sites is 1. The Balaban J connectivity index is 2.18. The zero-order valence-electron chi connectivity index (χ0n) is 11.0. The van der Waals surface area contributed by atoms with E-state index in [4.69, 9.17) is 0 Å². The van der Waals surface area contributed by atoms with Gasteiger partial charge in [0.05, 0.1) is 6.34 Å². The van der Waals surface area contributed by atoms with Gasteiger partial charge in [-0.15, -0.1) is 0 Å². The van der Waals surface area contributed by atoms with E-state index in [1.807, 2.05) is 68.3 Å². The van der Waals surface area contributed by atoms with Gasteiger partial charge in [-0.2, -0.15) is 0 Å². The highest BCUT2D eigenvalue weighted by molar-refractivity contribution is 5.80. The van der Waals surface area contributed by atoms with Crippen LogP contribution in [0, 0.1) is 13.8 Å². The van der Waals surface area contributed by atoms with Crippen molar-refractivity contribution in [3.8, 4) is 0 Å². The van der Waals surface area contributed by atoms with Crippen molar-refractivity contribution in [2.24, 2.45) is 4.99 Å². The maximum Gasteiger partial charge on any atom is 0.156 e. The summed E-state index contributed by atoms with van der Waals surface area (Å²) in [7, 11) is 1.98. The Bertz CT molecular complexity index is 547. The first-order valence-corrected chi connectivity index (χ1v) is 5.93. The van der Waals surface area contributed by atoms with Crippen LogP contribution in [-0.2, 0) is 0 Å². The molecule has 2 aromatic rings. The standard InChI is InChI=1S/C15H17N3/c1-12-9-10-13(2)17-15(12)16-11-18(3)14-7-5-4-6-8-14/h4-11H,1-3H3/b16-11+. The van der Waals surface area contributed by atoms with Gasteiger partial charge in [-0.25, -0.2) is 9.98 Å². The summed E-state index contributed by atoms with van der Waals surface area (Å²) in [5.74, 6) is 0.776. The first-order valence-electron chi connectivity index (χ1n) is 5.93. The Hall–Kier alpha value is -2.16. The minimum Gasteiger partial charge on any atom is -0.335 e. The molecule has 92 valence electrons. The molecular weight excluding hydrogens is 222 g/mol. The molecule has 0 amide bonds. The van der Waals surface area contributed by atoms with Gasteiger partial charge < -0.3 is 4.90 Å². The molecule has 0 spiro atoms. The molecule has 0 aliphatic carbocycles. The highest BCUT2D eigenvalue weighted by Gasteiger charge is 1.99. The van der Waals surface area contributed by atoms with Gasteiger partial charge in [-0.3, -0.25) is 0 Å². The molecule has 0 N–H and O–H groups in total. The van der Waals surface area contributed by atoms with Gasteiger partial charge in [0, 0.05) is 18.4 Å². The molecule has 0 radical (unpaired) electrons. The van der Waals surface area contributed by atoms with Crippen LogP contribution in [0.1, 0.15) is 11.3 Å². The molecule has 1 aromatic heterocycles. The van der Waals surface area contributed by atoms with Gasteiger partial charge >= 0.3 is 0 Å². The summed E-state index contributed by atoms with van der Waals surface area (Å²) in [6, 6.07) is 14.1. The molecule has 0 atom stereocenters. The minimum atomic E-state index is 0.776. The van der Waals surface area contributed by atoms with E-state index in [1.165, 1.54) is 0 Å².